The molecule has 0 aliphatic rings. The molecule has 0 radical (unpaired) electrons. The third-order valence-electron chi connectivity index (χ3n) is 3.05. The van der Waals surface area contributed by atoms with Gasteiger partial charge in [-0.15, -0.1) is 0 Å². The van der Waals surface area contributed by atoms with E-state index >= 15 is 0 Å². The van der Waals surface area contributed by atoms with E-state index in [0.29, 0.717) is 19.5 Å². The lowest BCUT2D eigenvalue weighted by Crippen LogP contribution is -2.38. The van der Waals surface area contributed by atoms with Crippen LogP contribution < -0.4 is 0 Å². The van der Waals surface area contributed by atoms with Crippen molar-refractivity contribution in [1.82, 2.24) is 4.90 Å². The molecule has 5 heteroatoms. The third kappa shape index (κ3) is 6.00. The van der Waals surface area contributed by atoms with Crippen LogP contribution >= 0.6 is 0 Å². The standard InChI is InChI=1S/C13H25NO4/c1-4-11(5-2)13(17)14(8-6-10-15)9-7-12(16)18-3/h11,15H,4-10H2,1-3H3. The van der Waals surface area contributed by atoms with Crippen LogP contribution in [0.5, 0.6) is 0 Å². The van der Waals surface area contributed by atoms with Gasteiger partial charge < -0.3 is 14.7 Å². The molecule has 106 valence electrons. The first-order valence-corrected chi connectivity index (χ1v) is 6.57. The number of aliphatic hydroxyl groups excluding tert-OH is 1. The second-order valence-corrected chi connectivity index (χ2v) is 4.24. The lowest BCUT2D eigenvalue weighted by Gasteiger charge is -2.26. The largest absolute Gasteiger partial charge is 0.469 e. The number of amides is 1. The van der Waals surface area contributed by atoms with Crippen LogP contribution in [0.1, 0.15) is 39.5 Å². The monoisotopic (exact) mass is 259 g/mol. The predicted molar refractivity (Wildman–Crippen MR) is 69.0 cm³/mol. The summed E-state index contributed by atoms with van der Waals surface area (Å²) in [5.41, 5.74) is 0. The summed E-state index contributed by atoms with van der Waals surface area (Å²) in [7, 11) is 1.34. The van der Waals surface area contributed by atoms with Gasteiger partial charge in [0.05, 0.1) is 13.5 Å². The molecule has 5 nitrogen and oxygen atoms in total. The molecule has 0 heterocycles. The molecule has 0 saturated heterocycles. The first-order chi connectivity index (χ1) is 8.60. The molecule has 1 amide bonds. The van der Waals surface area contributed by atoms with E-state index in [1.807, 2.05) is 13.8 Å². The summed E-state index contributed by atoms with van der Waals surface area (Å²) in [5, 5.41) is 8.84. The fourth-order valence-corrected chi connectivity index (χ4v) is 1.82. The molecule has 0 aromatic rings. The van der Waals surface area contributed by atoms with E-state index in [2.05, 4.69) is 4.74 Å². The second-order valence-electron chi connectivity index (χ2n) is 4.24. The summed E-state index contributed by atoms with van der Waals surface area (Å²) in [6.07, 6.45) is 2.33. The number of hydrogen-bond acceptors (Lipinski definition) is 4. The minimum atomic E-state index is -0.318. The normalized spacial score (nSPS) is 10.5. The fourth-order valence-electron chi connectivity index (χ4n) is 1.82. The molecule has 0 aliphatic carbocycles. The molecular weight excluding hydrogens is 234 g/mol. The number of carbonyl (C=O) groups is 2. The van der Waals surface area contributed by atoms with E-state index in [0.717, 1.165) is 12.8 Å². The maximum Gasteiger partial charge on any atom is 0.307 e. The Bertz CT molecular complexity index is 251. The molecule has 0 fully saturated rings. The number of carbonyl (C=O) groups excluding carboxylic acids is 2. The summed E-state index contributed by atoms with van der Waals surface area (Å²) in [6.45, 7) is 4.86. The average Bonchev–Trinajstić information content (AvgIpc) is 2.39. The SMILES string of the molecule is CCC(CC)C(=O)N(CCCO)CCC(=O)OC. The van der Waals surface area contributed by atoms with Gasteiger partial charge in [0, 0.05) is 25.6 Å². The Morgan fingerprint density at radius 3 is 2.28 bits per heavy atom. The first kappa shape index (κ1) is 16.9. The quantitative estimate of drug-likeness (QED) is 0.632. The van der Waals surface area contributed by atoms with Crippen LogP contribution in [0.4, 0.5) is 0 Å². The Morgan fingerprint density at radius 1 is 1.22 bits per heavy atom. The van der Waals surface area contributed by atoms with Gasteiger partial charge in [0.2, 0.25) is 5.91 Å². The van der Waals surface area contributed by atoms with Crippen LogP contribution in [0.2, 0.25) is 0 Å². The van der Waals surface area contributed by atoms with Gasteiger partial charge in [-0.3, -0.25) is 9.59 Å². The van der Waals surface area contributed by atoms with Gasteiger partial charge in [0.25, 0.3) is 0 Å². The van der Waals surface area contributed by atoms with Crippen molar-refractivity contribution in [3.63, 3.8) is 0 Å². The van der Waals surface area contributed by atoms with E-state index < -0.39 is 0 Å². The maximum atomic E-state index is 12.2. The molecule has 0 aliphatic heterocycles. The van der Waals surface area contributed by atoms with Gasteiger partial charge >= 0.3 is 5.97 Å². The fraction of sp³-hybridized carbons (Fsp3) is 0.846. The third-order valence-corrected chi connectivity index (χ3v) is 3.05. The van der Waals surface area contributed by atoms with Crippen molar-refractivity contribution in [1.29, 1.82) is 0 Å². The van der Waals surface area contributed by atoms with Crippen LogP contribution in [0.15, 0.2) is 0 Å². The number of aliphatic hydroxyl groups is 1. The molecule has 0 atom stereocenters. The Kier molecular flexibility index (Phi) is 9.28. The summed E-state index contributed by atoms with van der Waals surface area (Å²) < 4.78 is 4.57. The van der Waals surface area contributed by atoms with Gasteiger partial charge in [-0.2, -0.15) is 0 Å². The highest BCUT2D eigenvalue weighted by Crippen LogP contribution is 2.12. The van der Waals surface area contributed by atoms with Gasteiger partial charge in [0.15, 0.2) is 0 Å². The Hall–Kier alpha value is -1.10. The lowest BCUT2D eigenvalue weighted by atomic mass is 10.0. The van der Waals surface area contributed by atoms with Crippen molar-refractivity contribution in [2.75, 3.05) is 26.8 Å². The second kappa shape index (κ2) is 9.88. The number of ether oxygens (including phenoxy) is 1. The van der Waals surface area contributed by atoms with Crippen molar-refractivity contribution >= 4 is 11.9 Å². The zero-order valence-electron chi connectivity index (χ0n) is 11.6. The van der Waals surface area contributed by atoms with Crippen molar-refractivity contribution < 1.29 is 19.4 Å². The summed E-state index contributed by atoms with van der Waals surface area (Å²) >= 11 is 0. The predicted octanol–water partition coefficient (Wildman–Crippen LogP) is 1.20. The maximum absolute atomic E-state index is 12.2. The highest BCUT2D eigenvalue weighted by molar-refractivity contribution is 5.79. The Morgan fingerprint density at radius 2 is 1.83 bits per heavy atom. The molecule has 1 N–H and O–H groups in total. The van der Waals surface area contributed by atoms with E-state index in [1.165, 1.54) is 7.11 Å². The molecule has 0 rings (SSSR count). The molecule has 0 spiro atoms. The number of nitrogens with zero attached hydrogens (tertiary/aromatic N) is 1. The number of rotatable bonds is 9. The first-order valence-electron chi connectivity index (χ1n) is 6.57. The van der Waals surface area contributed by atoms with Gasteiger partial charge in [-0.05, 0) is 19.3 Å². The summed E-state index contributed by atoms with van der Waals surface area (Å²) in [5.74, 6) is -0.250. The van der Waals surface area contributed by atoms with Crippen molar-refractivity contribution in [3.05, 3.63) is 0 Å². The molecule has 0 unspecified atom stereocenters. The van der Waals surface area contributed by atoms with Crippen molar-refractivity contribution in [2.45, 2.75) is 39.5 Å². The van der Waals surface area contributed by atoms with Crippen molar-refractivity contribution in [3.8, 4) is 0 Å². The van der Waals surface area contributed by atoms with Crippen LogP contribution in [-0.2, 0) is 14.3 Å². The van der Waals surface area contributed by atoms with Crippen LogP contribution in [-0.4, -0.2) is 48.7 Å². The van der Waals surface area contributed by atoms with E-state index in [1.54, 1.807) is 4.90 Å². The lowest BCUT2D eigenvalue weighted by molar-refractivity contribution is -0.142. The zero-order chi connectivity index (χ0) is 14.0. The number of esters is 1. The Labute approximate surface area is 109 Å². The highest BCUT2D eigenvalue weighted by Gasteiger charge is 2.21. The summed E-state index contributed by atoms with van der Waals surface area (Å²) in [6, 6.07) is 0. The van der Waals surface area contributed by atoms with E-state index in [4.69, 9.17) is 5.11 Å². The van der Waals surface area contributed by atoms with Gasteiger partial charge in [-0.25, -0.2) is 0 Å². The van der Waals surface area contributed by atoms with Crippen molar-refractivity contribution in [2.24, 2.45) is 5.92 Å². The van der Waals surface area contributed by atoms with Gasteiger partial charge in [0.1, 0.15) is 0 Å². The van der Waals surface area contributed by atoms with Crippen LogP contribution in [0.25, 0.3) is 0 Å². The van der Waals surface area contributed by atoms with Gasteiger partial charge in [-0.1, -0.05) is 13.8 Å². The minimum absolute atomic E-state index is 0.00124. The zero-order valence-corrected chi connectivity index (χ0v) is 11.6. The van der Waals surface area contributed by atoms with E-state index in [-0.39, 0.29) is 30.8 Å². The highest BCUT2D eigenvalue weighted by atomic mass is 16.5. The molecular formula is C13H25NO4. The summed E-state index contributed by atoms with van der Waals surface area (Å²) in [4.78, 5) is 25.0. The smallest absolute Gasteiger partial charge is 0.307 e. The molecule has 0 aromatic heterocycles. The number of hydrogen-bond donors (Lipinski definition) is 1. The van der Waals surface area contributed by atoms with Crippen LogP contribution in [0, 0.1) is 5.92 Å². The van der Waals surface area contributed by atoms with E-state index in [9.17, 15) is 9.59 Å². The average molecular weight is 259 g/mol. The molecule has 0 bridgehead atoms. The topological polar surface area (TPSA) is 66.8 Å². The molecule has 18 heavy (non-hydrogen) atoms. The van der Waals surface area contributed by atoms with Crippen LogP contribution in [0.3, 0.4) is 0 Å². The number of methoxy groups -OCH3 is 1. The molecule has 0 saturated carbocycles. The minimum Gasteiger partial charge on any atom is -0.469 e. The molecule has 0 aromatic carbocycles. The Balaban J connectivity index is 4.45.